The molecule has 0 bridgehead atoms. The lowest BCUT2D eigenvalue weighted by atomic mass is 10.2. The fourth-order valence-corrected chi connectivity index (χ4v) is 1.32. The molecule has 0 radical (unpaired) electrons. The summed E-state index contributed by atoms with van der Waals surface area (Å²) in [5, 5.41) is 2.97. The Kier molecular flexibility index (Phi) is 4.28. The Morgan fingerprint density at radius 3 is 2.69 bits per heavy atom. The third-order valence-electron chi connectivity index (χ3n) is 2.84. The summed E-state index contributed by atoms with van der Waals surface area (Å²) in [5.74, 6) is -0.0306. The van der Waals surface area contributed by atoms with Gasteiger partial charge < -0.3 is 10.2 Å². The zero-order chi connectivity index (χ0) is 12.1. The number of carbonyl (C=O) groups is 1. The van der Waals surface area contributed by atoms with Gasteiger partial charge in [-0.15, -0.1) is 0 Å². The number of hydrogen-bond acceptors (Lipinski definition) is 3. The first-order valence-corrected chi connectivity index (χ1v) is 5.51. The molecule has 0 saturated carbocycles. The van der Waals surface area contributed by atoms with Gasteiger partial charge in [-0.2, -0.15) is 0 Å². The lowest BCUT2D eigenvalue weighted by Gasteiger charge is -2.23. The van der Waals surface area contributed by atoms with E-state index in [0.29, 0.717) is 5.69 Å². The molecule has 1 N–H and O–H groups in total. The molecule has 0 fully saturated rings. The van der Waals surface area contributed by atoms with Gasteiger partial charge in [0.15, 0.2) is 0 Å². The minimum Gasteiger partial charge on any atom is -0.387 e. The number of carbonyl (C=O) groups excluding carboxylic acids is 1. The molecule has 0 spiro atoms. The van der Waals surface area contributed by atoms with Crippen molar-refractivity contribution in [3.63, 3.8) is 0 Å². The molecule has 0 aromatic carbocycles. The third-order valence-corrected chi connectivity index (χ3v) is 2.84. The summed E-state index contributed by atoms with van der Waals surface area (Å²) in [7, 11) is 3.63. The van der Waals surface area contributed by atoms with Gasteiger partial charge in [-0.25, -0.2) is 4.98 Å². The Bertz CT molecular complexity index is 348. The van der Waals surface area contributed by atoms with Gasteiger partial charge in [0.2, 0.25) is 0 Å². The van der Waals surface area contributed by atoms with E-state index in [1.807, 2.05) is 27.1 Å². The number of hydrogen-bond donors (Lipinski definition) is 1. The van der Waals surface area contributed by atoms with Crippen LogP contribution >= 0.6 is 0 Å². The van der Waals surface area contributed by atoms with Gasteiger partial charge in [-0.05, 0) is 25.5 Å². The van der Waals surface area contributed by atoms with Crippen LogP contribution in [0, 0.1) is 0 Å². The Balaban J connectivity index is 2.80. The van der Waals surface area contributed by atoms with Gasteiger partial charge in [0, 0.05) is 20.1 Å². The molecular formula is C12H19N3O. The number of nitrogens with one attached hydrogen (secondary N) is 1. The van der Waals surface area contributed by atoms with E-state index in [0.717, 1.165) is 12.1 Å². The molecular weight excluding hydrogens is 202 g/mol. The molecule has 16 heavy (non-hydrogen) atoms. The monoisotopic (exact) mass is 221 g/mol. The molecule has 1 aromatic heterocycles. The normalized spacial score (nSPS) is 12.0. The maximum absolute atomic E-state index is 12.0. The van der Waals surface area contributed by atoms with Crippen molar-refractivity contribution < 1.29 is 4.79 Å². The highest BCUT2D eigenvalue weighted by Crippen LogP contribution is 2.09. The highest BCUT2D eigenvalue weighted by molar-refractivity contribution is 5.92. The third kappa shape index (κ3) is 2.72. The average molecular weight is 221 g/mol. The maximum Gasteiger partial charge on any atom is 0.272 e. The van der Waals surface area contributed by atoms with Crippen molar-refractivity contribution in [1.29, 1.82) is 0 Å². The number of pyridine rings is 1. The van der Waals surface area contributed by atoms with E-state index in [-0.39, 0.29) is 11.9 Å². The molecule has 4 nitrogen and oxygen atoms in total. The molecule has 0 aliphatic heterocycles. The van der Waals surface area contributed by atoms with Gasteiger partial charge in [-0.3, -0.25) is 4.79 Å². The first-order valence-electron chi connectivity index (χ1n) is 5.51. The topological polar surface area (TPSA) is 45.2 Å². The molecule has 0 aliphatic rings. The second kappa shape index (κ2) is 5.49. The highest BCUT2D eigenvalue weighted by Gasteiger charge is 2.16. The smallest absolute Gasteiger partial charge is 0.272 e. The Morgan fingerprint density at radius 1 is 1.56 bits per heavy atom. The average Bonchev–Trinajstić information content (AvgIpc) is 2.36. The number of nitrogens with zero attached hydrogens (tertiary/aromatic N) is 2. The Morgan fingerprint density at radius 2 is 2.25 bits per heavy atom. The van der Waals surface area contributed by atoms with E-state index in [4.69, 9.17) is 0 Å². The van der Waals surface area contributed by atoms with Crippen molar-refractivity contribution in [3.8, 4) is 0 Å². The first-order chi connectivity index (χ1) is 7.60. The summed E-state index contributed by atoms with van der Waals surface area (Å²) in [6.07, 6.45) is 2.61. The standard InChI is InChI=1S/C12H19N3O/c1-5-9(2)15(4)12(16)11-7-6-10(13-3)8-14-11/h6-9,13H,5H2,1-4H3. The van der Waals surface area contributed by atoms with E-state index in [1.54, 1.807) is 17.2 Å². The van der Waals surface area contributed by atoms with Gasteiger partial charge >= 0.3 is 0 Å². The summed E-state index contributed by atoms with van der Waals surface area (Å²) in [6, 6.07) is 3.83. The fraction of sp³-hybridized carbons (Fsp3) is 0.500. The van der Waals surface area contributed by atoms with Crippen LogP contribution in [0.15, 0.2) is 18.3 Å². The maximum atomic E-state index is 12.0. The predicted molar refractivity (Wildman–Crippen MR) is 65.6 cm³/mol. The molecule has 1 amide bonds. The lowest BCUT2D eigenvalue weighted by molar-refractivity contribution is 0.0734. The largest absolute Gasteiger partial charge is 0.387 e. The molecule has 4 heteroatoms. The number of aromatic nitrogens is 1. The molecule has 1 aromatic rings. The van der Waals surface area contributed by atoms with Crippen LogP contribution in [0.5, 0.6) is 0 Å². The summed E-state index contributed by atoms with van der Waals surface area (Å²) in [4.78, 5) is 17.8. The number of anilines is 1. The summed E-state index contributed by atoms with van der Waals surface area (Å²) >= 11 is 0. The Labute approximate surface area is 96.7 Å². The van der Waals surface area contributed by atoms with E-state index in [2.05, 4.69) is 17.2 Å². The number of rotatable bonds is 4. The summed E-state index contributed by atoms with van der Waals surface area (Å²) < 4.78 is 0. The van der Waals surface area contributed by atoms with Crippen LogP contribution in [0.25, 0.3) is 0 Å². The van der Waals surface area contributed by atoms with E-state index < -0.39 is 0 Å². The van der Waals surface area contributed by atoms with Crippen molar-refractivity contribution in [3.05, 3.63) is 24.0 Å². The second-order valence-electron chi connectivity index (χ2n) is 3.86. The van der Waals surface area contributed by atoms with Crippen LogP contribution in [-0.2, 0) is 0 Å². The molecule has 1 atom stereocenters. The molecule has 1 rings (SSSR count). The van der Waals surface area contributed by atoms with E-state index >= 15 is 0 Å². The van der Waals surface area contributed by atoms with Gasteiger partial charge in [0.25, 0.3) is 5.91 Å². The van der Waals surface area contributed by atoms with Crippen molar-refractivity contribution in [2.45, 2.75) is 26.3 Å². The fourth-order valence-electron chi connectivity index (χ4n) is 1.32. The van der Waals surface area contributed by atoms with Crippen molar-refractivity contribution in [2.75, 3.05) is 19.4 Å². The van der Waals surface area contributed by atoms with Crippen LogP contribution < -0.4 is 5.32 Å². The van der Waals surface area contributed by atoms with Gasteiger partial charge in [0.05, 0.1) is 11.9 Å². The molecule has 0 aliphatic carbocycles. The van der Waals surface area contributed by atoms with E-state index in [9.17, 15) is 4.79 Å². The minimum atomic E-state index is -0.0306. The summed E-state index contributed by atoms with van der Waals surface area (Å²) in [6.45, 7) is 4.09. The molecule has 0 saturated heterocycles. The van der Waals surface area contributed by atoms with Gasteiger partial charge in [-0.1, -0.05) is 6.92 Å². The van der Waals surface area contributed by atoms with E-state index in [1.165, 1.54) is 0 Å². The lowest BCUT2D eigenvalue weighted by Crippen LogP contribution is -2.35. The minimum absolute atomic E-state index is 0.0306. The van der Waals surface area contributed by atoms with Crippen molar-refractivity contribution >= 4 is 11.6 Å². The quantitative estimate of drug-likeness (QED) is 0.845. The second-order valence-corrected chi connectivity index (χ2v) is 3.86. The first kappa shape index (κ1) is 12.5. The van der Waals surface area contributed by atoms with Crippen LogP contribution in [0.4, 0.5) is 5.69 Å². The molecule has 1 unspecified atom stereocenters. The molecule has 1 heterocycles. The van der Waals surface area contributed by atoms with Crippen LogP contribution in [-0.4, -0.2) is 35.9 Å². The highest BCUT2D eigenvalue weighted by atomic mass is 16.2. The van der Waals surface area contributed by atoms with Gasteiger partial charge in [0.1, 0.15) is 5.69 Å². The Hall–Kier alpha value is -1.58. The van der Waals surface area contributed by atoms with Crippen LogP contribution in [0.2, 0.25) is 0 Å². The van der Waals surface area contributed by atoms with Crippen molar-refractivity contribution in [2.24, 2.45) is 0 Å². The zero-order valence-corrected chi connectivity index (χ0v) is 10.3. The summed E-state index contributed by atoms with van der Waals surface area (Å²) in [5.41, 5.74) is 1.39. The zero-order valence-electron chi connectivity index (χ0n) is 10.3. The van der Waals surface area contributed by atoms with Crippen LogP contribution in [0.1, 0.15) is 30.8 Å². The predicted octanol–water partition coefficient (Wildman–Crippen LogP) is 1.99. The van der Waals surface area contributed by atoms with Crippen molar-refractivity contribution in [1.82, 2.24) is 9.88 Å². The number of amides is 1. The van der Waals surface area contributed by atoms with Crippen LogP contribution in [0.3, 0.4) is 0 Å². The SMILES string of the molecule is CCC(C)N(C)C(=O)c1ccc(NC)cn1. The molecule has 88 valence electrons.